The highest BCUT2D eigenvalue weighted by atomic mass is 16.5. The summed E-state index contributed by atoms with van der Waals surface area (Å²) in [5.74, 6) is 0.751. The van der Waals surface area contributed by atoms with Gasteiger partial charge in [-0.25, -0.2) is 0 Å². The molecule has 104 valence electrons. The SMILES string of the molecule is COc1cccc(C(=O)NCCc2ccccc2O)c1. The van der Waals surface area contributed by atoms with Gasteiger partial charge >= 0.3 is 0 Å². The number of rotatable bonds is 5. The molecule has 0 aliphatic carbocycles. The zero-order valence-corrected chi connectivity index (χ0v) is 11.3. The minimum atomic E-state index is -0.153. The van der Waals surface area contributed by atoms with Crippen LogP contribution in [-0.4, -0.2) is 24.7 Å². The second-order valence-corrected chi connectivity index (χ2v) is 4.37. The van der Waals surface area contributed by atoms with E-state index in [4.69, 9.17) is 4.74 Å². The van der Waals surface area contributed by atoms with Crippen molar-refractivity contribution in [1.82, 2.24) is 5.32 Å². The van der Waals surface area contributed by atoms with Crippen LogP contribution in [0.2, 0.25) is 0 Å². The fourth-order valence-corrected chi connectivity index (χ4v) is 1.90. The molecule has 2 aromatic carbocycles. The molecule has 4 heteroatoms. The molecule has 0 spiro atoms. The molecule has 0 saturated heterocycles. The van der Waals surface area contributed by atoms with Crippen LogP contribution in [0.1, 0.15) is 15.9 Å². The normalized spacial score (nSPS) is 10.1. The number of carbonyl (C=O) groups is 1. The third-order valence-electron chi connectivity index (χ3n) is 3.00. The number of carbonyl (C=O) groups excluding carboxylic acids is 1. The van der Waals surface area contributed by atoms with E-state index >= 15 is 0 Å². The maximum atomic E-state index is 12.0. The number of phenols is 1. The third-order valence-corrected chi connectivity index (χ3v) is 3.00. The zero-order valence-electron chi connectivity index (χ0n) is 11.3. The summed E-state index contributed by atoms with van der Waals surface area (Å²) in [6.45, 7) is 0.466. The van der Waals surface area contributed by atoms with Gasteiger partial charge in [-0.2, -0.15) is 0 Å². The highest BCUT2D eigenvalue weighted by molar-refractivity contribution is 5.94. The lowest BCUT2D eigenvalue weighted by molar-refractivity contribution is 0.0953. The Kier molecular flexibility index (Phi) is 4.60. The summed E-state index contributed by atoms with van der Waals surface area (Å²) in [5, 5.41) is 12.5. The first-order chi connectivity index (χ1) is 9.70. The number of amides is 1. The van der Waals surface area contributed by atoms with Crippen LogP contribution in [0, 0.1) is 0 Å². The molecule has 0 heterocycles. The summed E-state index contributed by atoms with van der Waals surface area (Å²) in [7, 11) is 1.56. The molecule has 1 amide bonds. The van der Waals surface area contributed by atoms with Crippen molar-refractivity contribution in [2.75, 3.05) is 13.7 Å². The number of benzene rings is 2. The molecule has 20 heavy (non-hydrogen) atoms. The van der Waals surface area contributed by atoms with Crippen LogP contribution in [0.4, 0.5) is 0 Å². The lowest BCUT2D eigenvalue weighted by atomic mass is 10.1. The van der Waals surface area contributed by atoms with Gasteiger partial charge < -0.3 is 15.2 Å². The number of nitrogens with one attached hydrogen (secondary N) is 1. The van der Waals surface area contributed by atoms with E-state index in [9.17, 15) is 9.90 Å². The van der Waals surface area contributed by atoms with Gasteiger partial charge in [0.1, 0.15) is 11.5 Å². The van der Waals surface area contributed by atoms with E-state index in [-0.39, 0.29) is 11.7 Å². The van der Waals surface area contributed by atoms with E-state index < -0.39 is 0 Å². The van der Waals surface area contributed by atoms with Crippen LogP contribution >= 0.6 is 0 Å². The van der Waals surface area contributed by atoms with Gasteiger partial charge in [-0.05, 0) is 36.2 Å². The molecule has 0 bridgehead atoms. The fourth-order valence-electron chi connectivity index (χ4n) is 1.90. The van der Waals surface area contributed by atoms with Crippen LogP contribution in [-0.2, 0) is 6.42 Å². The molecule has 2 rings (SSSR count). The summed E-state index contributed by atoms with van der Waals surface area (Å²) in [6, 6.07) is 14.1. The summed E-state index contributed by atoms with van der Waals surface area (Å²) in [4.78, 5) is 12.0. The Morgan fingerprint density at radius 1 is 1.20 bits per heavy atom. The largest absolute Gasteiger partial charge is 0.508 e. The minimum Gasteiger partial charge on any atom is -0.508 e. The predicted molar refractivity (Wildman–Crippen MR) is 77.1 cm³/mol. The quantitative estimate of drug-likeness (QED) is 0.877. The van der Waals surface area contributed by atoms with Crippen LogP contribution in [0.15, 0.2) is 48.5 Å². The third kappa shape index (κ3) is 3.51. The first kappa shape index (κ1) is 13.9. The second kappa shape index (κ2) is 6.61. The van der Waals surface area contributed by atoms with E-state index in [0.717, 1.165) is 5.56 Å². The van der Waals surface area contributed by atoms with Crippen molar-refractivity contribution in [3.05, 3.63) is 59.7 Å². The van der Waals surface area contributed by atoms with Crippen LogP contribution in [0.5, 0.6) is 11.5 Å². The van der Waals surface area contributed by atoms with Crippen molar-refractivity contribution in [3.8, 4) is 11.5 Å². The van der Waals surface area contributed by atoms with Gasteiger partial charge in [0, 0.05) is 12.1 Å². The first-order valence-corrected chi connectivity index (χ1v) is 6.40. The molecule has 2 N–H and O–H groups in total. The zero-order chi connectivity index (χ0) is 14.4. The van der Waals surface area contributed by atoms with E-state index in [2.05, 4.69) is 5.32 Å². The molecule has 4 nitrogen and oxygen atoms in total. The van der Waals surface area contributed by atoms with Gasteiger partial charge in [0.05, 0.1) is 7.11 Å². The maximum absolute atomic E-state index is 12.0. The summed E-state index contributed by atoms with van der Waals surface area (Å²) >= 11 is 0. The second-order valence-electron chi connectivity index (χ2n) is 4.37. The van der Waals surface area contributed by atoms with Gasteiger partial charge in [0.25, 0.3) is 5.91 Å². The van der Waals surface area contributed by atoms with Crippen LogP contribution in [0.3, 0.4) is 0 Å². The van der Waals surface area contributed by atoms with Crippen molar-refractivity contribution in [1.29, 1.82) is 0 Å². The molecule has 0 radical (unpaired) electrons. The first-order valence-electron chi connectivity index (χ1n) is 6.40. The molecule has 0 aromatic heterocycles. The van der Waals surface area contributed by atoms with Gasteiger partial charge in [-0.15, -0.1) is 0 Å². The number of hydrogen-bond acceptors (Lipinski definition) is 3. The number of methoxy groups -OCH3 is 1. The molecule has 0 unspecified atom stereocenters. The Labute approximate surface area is 118 Å². The van der Waals surface area contributed by atoms with Crippen molar-refractivity contribution >= 4 is 5.91 Å². The minimum absolute atomic E-state index is 0.153. The summed E-state index contributed by atoms with van der Waals surface area (Å²) < 4.78 is 5.08. The average Bonchev–Trinajstić information content (AvgIpc) is 2.49. The monoisotopic (exact) mass is 271 g/mol. The van der Waals surface area contributed by atoms with Crippen molar-refractivity contribution < 1.29 is 14.6 Å². The van der Waals surface area contributed by atoms with Gasteiger partial charge in [0.2, 0.25) is 0 Å². The van der Waals surface area contributed by atoms with Gasteiger partial charge in [-0.3, -0.25) is 4.79 Å². The van der Waals surface area contributed by atoms with E-state index in [0.29, 0.717) is 24.3 Å². The maximum Gasteiger partial charge on any atom is 0.251 e. The Balaban J connectivity index is 1.91. The molecule has 0 aliphatic heterocycles. The summed E-state index contributed by atoms with van der Waals surface area (Å²) in [5.41, 5.74) is 1.38. The van der Waals surface area contributed by atoms with Crippen LogP contribution < -0.4 is 10.1 Å². The van der Waals surface area contributed by atoms with Crippen LogP contribution in [0.25, 0.3) is 0 Å². The number of para-hydroxylation sites is 1. The van der Waals surface area contributed by atoms with Gasteiger partial charge in [-0.1, -0.05) is 24.3 Å². The van der Waals surface area contributed by atoms with Crippen molar-refractivity contribution in [3.63, 3.8) is 0 Å². The highest BCUT2D eigenvalue weighted by Gasteiger charge is 2.06. The van der Waals surface area contributed by atoms with Crippen molar-refractivity contribution in [2.45, 2.75) is 6.42 Å². The van der Waals surface area contributed by atoms with E-state index in [1.54, 1.807) is 43.5 Å². The van der Waals surface area contributed by atoms with E-state index in [1.807, 2.05) is 12.1 Å². The lowest BCUT2D eigenvalue weighted by Gasteiger charge is -2.07. The number of phenolic OH excluding ortho intramolecular Hbond substituents is 1. The Hall–Kier alpha value is -2.49. The molecule has 0 aliphatic rings. The number of ether oxygens (including phenoxy) is 1. The summed E-state index contributed by atoms with van der Waals surface area (Å²) in [6.07, 6.45) is 0.586. The lowest BCUT2D eigenvalue weighted by Crippen LogP contribution is -2.25. The molecule has 2 aromatic rings. The average molecular weight is 271 g/mol. The Morgan fingerprint density at radius 2 is 2.00 bits per heavy atom. The molecule has 0 atom stereocenters. The molecule has 0 saturated carbocycles. The molecular weight excluding hydrogens is 254 g/mol. The Bertz CT molecular complexity index is 596. The standard InChI is InChI=1S/C16H17NO3/c1-20-14-7-4-6-13(11-14)16(19)17-10-9-12-5-2-3-8-15(12)18/h2-8,11,18H,9-10H2,1H3,(H,17,19). The smallest absolute Gasteiger partial charge is 0.251 e. The topological polar surface area (TPSA) is 58.6 Å². The number of aromatic hydroxyl groups is 1. The fraction of sp³-hybridized carbons (Fsp3) is 0.188. The molecule has 0 fully saturated rings. The van der Waals surface area contributed by atoms with Crippen molar-refractivity contribution in [2.24, 2.45) is 0 Å². The predicted octanol–water partition coefficient (Wildman–Crippen LogP) is 2.37. The number of hydrogen-bond donors (Lipinski definition) is 2. The Morgan fingerprint density at radius 3 is 2.75 bits per heavy atom. The van der Waals surface area contributed by atoms with Gasteiger partial charge in [0.15, 0.2) is 0 Å². The molecular formula is C16H17NO3. The van der Waals surface area contributed by atoms with E-state index in [1.165, 1.54) is 0 Å². The highest BCUT2D eigenvalue weighted by Crippen LogP contribution is 2.16.